The third kappa shape index (κ3) is 6.04. The van der Waals surface area contributed by atoms with Crippen molar-refractivity contribution in [2.75, 3.05) is 31.5 Å². The van der Waals surface area contributed by atoms with E-state index < -0.39 is 10.0 Å². The summed E-state index contributed by atoms with van der Waals surface area (Å²) < 4.78 is 34.5. The third-order valence-electron chi connectivity index (χ3n) is 5.91. The van der Waals surface area contributed by atoms with E-state index in [0.29, 0.717) is 30.1 Å². The summed E-state index contributed by atoms with van der Waals surface area (Å²) in [4.78, 5) is 15.0. The average Bonchev–Trinajstić information content (AvgIpc) is 2.81. The topological polar surface area (TPSA) is 108 Å². The second-order valence-electron chi connectivity index (χ2n) is 8.69. The molecule has 1 aliphatic rings. The Bertz CT molecular complexity index is 1070. The molecule has 2 aromatic carbocycles. The number of benzene rings is 2. The van der Waals surface area contributed by atoms with E-state index in [2.05, 4.69) is 10.0 Å². The minimum absolute atomic E-state index is 0.0149. The zero-order chi connectivity index (χ0) is 24.2. The lowest BCUT2D eigenvalue weighted by Gasteiger charge is -2.32. The number of fused-ring (bicyclic) bond motifs is 1. The molecule has 0 unspecified atom stereocenters. The van der Waals surface area contributed by atoms with E-state index in [4.69, 9.17) is 4.74 Å². The molecule has 0 radical (unpaired) electrons. The zero-order valence-corrected chi connectivity index (χ0v) is 20.4. The number of likely N-dealkylation sites (N-methyl/N-ethyl adjacent to an activating group) is 1. The monoisotopic (exact) mass is 475 g/mol. The van der Waals surface area contributed by atoms with Gasteiger partial charge in [0.2, 0.25) is 5.91 Å². The fourth-order valence-corrected chi connectivity index (χ4v) is 4.92. The van der Waals surface area contributed by atoms with E-state index in [9.17, 15) is 18.3 Å². The van der Waals surface area contributed by atoms with Crippen LogP contribution in [0.2, 0.25) is 0 Å². The van der Waals surface area contributed by atoms with Crippen molar-refractivity contribution in [2.45, 2.75) is 44.2 Å². The van der Waals surface area contributed by atoms with Crippen LogP contribution in [0.15, 0.2) is 47.4 Å². The first-order valence-corrected chi connectivity index (χ1v) is 12.6. The van der Waals surface area contributed by atoms with Crippen LogP contribution in [0.4, 0.5) is 5.69 Å². The van der Waals surface area contributed by atoms with E-state index in [0.717, 1.165) is 5.56 Å². The fourth-order valence-electron chi connectivity index (χ4n) is 3.87. The van der Waals surface area contributed by atoms with Crippen molar-refractivity contribution in [3.05, 3.63) is 53.6 Å². The van der Waals surface area contributed by atoms with Crippen LogP contribution in [0.1, 0.15) is 25.0 Å². The molecule has 0 fully saturated rings. The second kappa shape index (κ2) is 10.5. The minimum atomic E-state index is -3.78. The SMILES string of the molecule is CNC[C@@H]1Oc2ccc(NS(=O)(=O)c3ccc(C)cc3)cc2CC(=O)N([C@@H](C)CO)C[C@@H]1C. The molecule has 0 aromatic heterocycles. The van der Waals surface area contributed by atoms with Gasteiger partial charge in [-0.2, -0.15) is 0 Å². The van der Waals surface area contributed by atoms with Crippen LogP contribution >= 0.6 is 0 Å². The highest BCUT2D eigenvalue weighted by Crippen LogP contribution is 2.29. The van der Waals surface area contributed by atoms with Gasteiger partial charge in [0.05, 0.1) is 24.0 Å². The molecule has 1 aliphatic heterocycles. The molecule has 0 spiro atoms. The Labute approximate surface area is 196 Å². The molecule has 33 heavy (non-hydrogen) atoms. The quantitative estimate of drug-likeness (QED) is 0.567. The summed E-state index contributed by atoms with van der Waals surface area (Å²) in [6, 6.07) is 11.3. The molecule has 3 N–H and O–H groups in total. The Hall–Kier alpha value is -2.62. The van der Waals surface area contributed by atoms with Gasteiger partial charge in [-0.15, -0.1) is 0 Å². The Kier molecular flexibility index (Phi) is 7.99. The number of nitrogens with one attached hydrogen (secondary N) is 2. The maximum atomic E-state index is 13.1. The molecular formula is C24H33N3O5S. The van der Waals surface area contributed by atoms with Crippen molar-refractivity contribution in [3.8, 4) is 5.75 Å². The number of carbonyl (C=O) groups excluding carboxylic acids is 1. The molecule has 1 heterocycles. The summed E-state index contributed by atoms with van der Waals surface area (Å²) in [5.41, 5.74) is 1.91. The highest BCUT2D eigenvalue weighted by Gasteiger charge is 2.30. The molecule has 3 rings (SSSR count). The van der Waals surface area contributed by atoms with Crippen molar-refractivity contribution in [1.29, 1.82) is 0 Å². The van der Waals surface area contributed by atoms with Gasteiger partial charge in [-0.1, -0.05) is 24.6 Å². The van der Waals surface area contributed by atoms with Gasteiger partial charge in [-0.05, 0) is 51.2 Å². The van der Waals surface area contributed by atoms with Crippen LogP contribution in [-0.2, 0) is 21.2 Å². The Balaban J connectivity index is 1.95. The number of aliphatic hydroxyl groups excluding tert-OH is 1. The standard InChI is InChI=1S/C24H33N3O5S/c1-16-5-8-21(9-6-16)33(30,31)26-20-7-10-22-19(11-20)12-24(29)27(18(3)15-28)14-17(2)23(32-22)13-25-4/h5-11,17-18,23,25-26,28H,12-15H2,1-4H3/t17-,18-,23-/m0/s1. The Morgan fingerprint density at radius 1 is 1.21 bits per heavy atom. The second-order valence-corrected chi connectivity index (χ2v) is 10.4. The predicted octanol–water partition coefficient (Wildman–Crippen LogP) is 2.16. The minimum Gasteiger partial charge on any atom is -0.488 e. The van der Waals surface area contributed by atoms with Gasteiger partial charge in [0, 0.05) is 30.3 Å². The Morgan fingerprint density at radius 2 is 1.91 bits per heavy atom. The number of carbonyl (C=O) groups is 1. The third-order valence-corrected chi connectivity index (χ3v) is 7.30. The van der Waals surface area contributed by atoms with Crippen LogP contribution in [-0.4, -0.2) is 63.2 Å². The van der Waals surface area contributed by atoms with E-state index in [1.54, 1.807) is 47.4 Å². The lowest BCUT2D eigenvalue weighted by molar-refractivity contribution is -0.134. The summed E-state index contributed by atoms with van der Waals surface area (Å²) in [6.07, 6.45) is -0.165. The number of sulfonamides is 1. The normalized spacial score (nSPS) is 20.2. The van der Waals surface area contributed by atoms with Crippen molar-refractivity contribution < 1.29 is 23.1 Å². The van der Waals surface area contributed by atoms with Gasteiger partial charge in [0.1, 0.15) is 11.9 Å². The van der Waals surface area contributed by atoms with E-state index in [1.807, 2.05) is 27.8 Å². The van der Waals surface area contributed by atoms with Crippen molar-refractivity contribution in [1.82, 2.24) is 10.2 Å². The van der Waals surface area contributed by atoms with Crippen molar-refractivity contribution >= 4 is 21.6 Å². The summed E-state index contributed by atoms with van der Waals surface area (Å²) in [5, 5.41) is 12.8. The first-order chi connectivity index (χ1) is 15.6. The van der Waals surface area contributed by atoms with Crippen LogP contribution in [0.25, 0.3) is 0 Å². The number of hydrogen-bond donors (Lipinski definition) is 3. The number of nitrogens with zero attached hydrogens (tertiary/aromatic N) is 1. The first-order valence-electron chi connectivity index (χ1n) is 11.1. The maximum absolute atomic E-state index is 13.1. The van der Waals surface area contributed by atoms with Gasteiger partial charge < -0.3 is 20.1 Å². The molecule has 0 bridgehead atoms. The number of aryl methyl sites for hydroxylation is 1. The molecule has 9 heteroatoms. The summed E-state index contributed by atoms with van der Waals surface area (Å²) in [6.45, 7) is 6.61. The lowest BCUT2D eigenvalue weighted by atomic mass is 10.0. The molecule has 180 valence electrons. The van der Waals surface area contributed by atoms with Gasteiger partial charge in [0.15, 0.2) is 0 Å². The van der Waals surface area contributed by atoms with Crippen molar-refractivity contribution in [2.24, 2.45) is 5.92 Å². The van der Waals surface area contributed by atoms with Gasteiger partial charge in [-0.25, -0.2) is 8.42 Å². The predicted molar refractivity (Wildman–Crippen MR) is 128 cm³/mol. The van der Waals surface area contributed by atoms with Gasteiger partial charge in [-0.3, -0.25) is 9.52 Å². The van der Waals surface area contributed by atoms with Crippen LogP contribution in [0, 0.1) is 12.8 Å². The zero-order valence-electron chi connectivity index (χ0n) is 19.5. The van der Waals surface area contributed by atoms with Gasteiger partial charge in [0.25, 0.3) is 10.0 Å². The molecule has 0 saturated heterocycles. The van der Waals surface area contributed by atoms with Gasteiger partial charge >= 0.3 is 0 Å². The van der Waals surface area contributed by atoms with Crippen LogP contribution < -0.4 is 14.8 Å². The first kappa shape index (κ1) is 25.0. The van der Waals surface area contributed by atoms with Crippen LogP contribution in [0.5, 0.6) is 5.75 Å². The number of amides is 1. The average molecular weight is 476 g/mol. The molecule has 0 saturated carbocycles. The largest absolute Gasteiger partial charge is 0.488 e. The highest BCUT2D eigenvalue weighted by molar-refractivity contribution is 7.92. The molecule has 3 atom stereocenters. The van der Waals surface area contributed by atoms with E-state index in [1.165, 1.54) is 0 Å². The Morgan fingerprint density at radius 3 is 2.55 bits per heavy atom. The van der Waals surface area contributed by atoms with E-state index >= 15 is 0 Å². The molecule has 2 aromatic rings. The maximum Gasteiger partial charge on any atom is 0.261 e. The fraction of sp³-hybridized carbons (Fsp3) is 0.458. The summed E-state index contributed by atoms with van der Waals surface area (Å²) in [7, 11) is -1.94. The molecule has 1 amide bonds. The smallest absolute Gasteiger partial charge is 0.261 e. The number of hydrogen-bond acceptors (Lipinski definition) is 6. The van der Waals surface area contributed by atoms with E-state index in [-0.39, 0.29) is 41.9 Å². The number of aliphatic hydroxyl groups is 1. The molecular weight excluding hydrogens is 442 g/mol. The highest BCUT2D eigenvalue weighted by atomic mass is 32.2. The number of rotatable bonds is 7. The lowest BCUT2D eigenvalue weighted by Crippen LogP contribution is -2.47. The van der Waals surface area contributed by atoms with Crippen LogP contribution in [0.3, 0.4) is 0 Å². The van der Waals surface area contributed by atoms with Crippen molar-refractivity contribution in [3.63, 3.8) is 0 Å². The number of ether oxygens (including phenoxy) is 1. The molecule has 8 nitrogen and oxygen atoms in total. The summed E-state index contributed by atoms with van der Waals surface area (Å²) >= 11 is 0. The molecule has 0 aliphatic carbocycles. The summed E-state index contributed by atoms with van der Waals surface area (Å²) in [5.74, 6) is 0.421. The number of anilines is 1.